The highest BCUT2D eigenvalue weighted by Crippen LogP contribution is 2.62. The molecule has 6 heterocycles. The number of benzene rings is 8. The van der Waals surface area contributed by atoms with Crippen molar-refractivity contribution in [1.29, 1.82) is 0 Å². The average molecular weight is 1450 g/mol. The summed E-state index contributed by atoms with van der Waals surface area (Å²) in [7, 11) is 4.23. The minimum absolute atomic E-state index is 0.0452. The number of carbonyl (C=O) groups is 4. The van der Waals surface area contributed by atoms with Gasteiger partial charge in [0.2, 0.25) is 23.1 Å². The summed E-state index contributed by atoms with van der Waals surface area (Å²) >= 11 is 0. The number of hydrogen-bond donors (Lipinski definition) is 16. The van der Waals surface area contributed by atoms with Crippen molar-refractivity contribution in [3.8, 4) is 109 Å². The summed E-state index contributed by atoms with van der Waals surface area (Å²) < 4.78 is 56.6. The Morgan fingerprint density at radius 3 is 1.38 bits per heavy atom. The van der Waals surface area contributed by atoms with E-state index in [0.717, 1.165) is 30.3 Å². The molecule has 5 unspecified atom stereocenters. The fourth-order valence-corrected chi connectivity index (χ4v) is 15.1. The Balaban J connectivity index is 0.000000133. The summed E-state index contributed by atoms with van der Waals surface area (Å²) in [6, 6.07) is 28.0. The number of rotatable bonds is 11. The lowest BCUT2D eigenvalue weighted by atomic mass is 9.55. The number of aliphatic hydroxyl groups is 6. The molecule has 8 aromatic rings. The molecule has 0 radical (unpaired) electrons. The standard InChI is InChI=1S/3C25H22O10/c1-33-16-4-9(2-3-14(16)27)18-11-7-12(20-13(18)8-34-25(20,32)24(11)31)23-22(30)21(29)19-15(28)5-10(26)6-17(19)35-23;1-32-17-6-11(2-4-14(17)28)24-20(10-26)33-16-5-3-12(7-18(16)34-24)25-23(31)22(30)21-15(29)8-13(27)9-19(21)35-25;1-33-18-6-10(2-3-15(18)28)23-14(9-26)13-4-11(5-17(30)25(13)35-23)24-22(32)21(31)20-16(29)7-12(27)8-19(20)34-24/h2-7,11,13,18,20,22-23,26-28,30,32H,8H2,1H3;2-9,20,23-29,31H,10H2,1H3;2-8,14,22-24,26-30,32H,9H2,1H3/t11?,13?,18?,20?,22-,23+,25+;20-,23-,24-,25+;14-,22+,23?,24-/m001/s1. The van der Waals surface area contributed by atoms with Crippen LogP contribution in [-0.4, -0.2) is 182 Å². The number of aromatic hydroxyl groups is 10. The predicted octanol–water partition coefficient (Wildman–Crippen LogP) is 5.76. The Bertz CT molecular complexity index is 4910. The van der Waals surface area contributed by atoms with Crippen LogP contribution in [0.15, 0.2) is 133 Å². The van der Waals surface area contributed by atoms with Crippen molar-refractivity contribution in [1.82, 2.24) is 0 Å². The Kier molecular flexibility index (Phi) is 17.9. The molecule has 30 heteroatoms. The molecular formula is C75H66O30. The van der Waals surface area contributed by atoms with Crippen molar-refractivity contribution < 1.29 is 148 Å². The third kappa shape index (κ3) is 11.8. The Labute approximate surface area is 592 Å². The lowest BCUT2D eigenvalue weighted by molar-refractivity contribution is -0.206. The topological polar surface area (TPSA) is 484 Å². The van der Waals surface area contributed by atoms with E-state index in [1.165, 1.54) is 51.7 Å². The fourth-order valence-electron chi connectivity index (χ4n) is 15.1. The first-order chi connectivity index (χ1) is 50.2. The molecule has 8 aromatic carbocycles. The lowest BCUT2D eigenvalue weighted by Crippen LogP contribution is -2.60. The fraction of sp³-hybridized carbons (Fsp3) is 0.280. The van der Waals surface area contributed by atoms with E-state index >= 15 is 0 Å². The van der Waals surface area contributed by atoms with Gasteiger partial charge < -0.3 is 129 Å². The minimum atomic E-state index is -2.13. The van der Waals surface area contributed by atoms with Crippen LogP contribution in [0.25, 0.3) is 0 Å². The zero-order valence-corrected chi connectivity index (χ0v) is 55.2. The molecule has 9 aliphatic rings. The van der Waals surface area contributed by atoms with Crippen molar-refractivity contribution in [3.05, 3.63) is 183 Å². The number of phenolic OH excluding ortho intramolecular Hbond substituents is 10. The second-order valence-electron chi connectivity index (χ2n) is 26.0. The van der Waals surface area contributed by atoms with Gasteiger partial charge in [0.05, 0.1) is 53.0 Å². The van der Waals surface area contributed by atoms with Gasteiger partial charge in [-0.25, -0.2) is 0 Å². The second kappa shape index (κ2) is 26.7. The van der Waals surface area contributed by atoms with Crippen LogP contribution in [0.2, 0.25) is 0 Å². The number of fused-ring (bicyclic) bond motifs is 5. The van der Waals surface area contributed by atoms with Crippen LogP contribution in [0.5, 0.6) is 109 Å². The van der Waals surface area contributed by atoms with Gasteiger partial charge in [0, 0.05) is 65.3 Å². The van der Waals surface area contributed by atoms with Crippen molar-refractivity contribution in [2.24, 2.45) is 17.8 Å². The highest BCUT2D eigenvalue weighted by molar-refractivity contribution is 6.07. The summed E-state index contributed by atoms with van der Waals surface area (Å²) in [5, 5.41) is 164. The molecule has 4 bridgehead atoms. The molecule has 546 valence electrons. The van der Waals surface area contributed by atoms with Crippen LogP contribution in [0.1, 0.15) is 101 Å². The van der Waals surface area contributed by atoms with Gasteiger partial charge in [-0.05, 0) is 88.5 Å². The third-order valence-electron chi connectivity index (χ3n) is 19.9. The number of carbonyl (C=O) groups excluding carboxylic acids is 4. The monoisotopic (exact) mass is 1450 g/mol. The third-order valence-corrected chi connectivity index (χ3v) is 19.9. The summed E-state index contributed by atoms with van der Waals surface area (Å²) in [6.07, 6.45) is -9.34. The molecule has 0 amide bonds. The van der Waals surface area contributed by atoms with E-state index in [0.29, 0.717) is 39.1 Å². The number of hydrogen-bond acceptors (Lipinski definition) is 30. The van der Waals surface area contributed by atoms with E-state index in [9.17, 15) is 101 Å². The van der Waals surface area contributed by atoms with Gasteiger partial charge in [-0.15, -0.1) is 0 Å². The molecule has 105 heavy (non-hydrogen) atoms. The van der Waals surface area contributed by atoms with Gasteiger partial charge >= 0.3 is 0 Å². The van der Waals surface area contributed by atoms with Crippen LogP contribution in [0.4, 0.5) is 0 Å². The molecule has 1 saturated carbocycles. The molecule has 0 aromatic heterocycles. The normalized spacial score (nSPS) is 26.8. The Morgan fingerprint density at radius 1 is 0.429 bits per heavy atom. The number of allylic oxidation sites excluding steroid dienone is 1. The quantitative estimate of drug-likeness (QED) is 0.0684. The molecule has 1 saturated heterocycles. The van der Waals surface area contributed by atoms with Crippen LogP contribution in [-0.2, 0) is 9.53 Å². The van der Waals surface area contributed by atoms with E-state index in [1.54, 1.807) is 66.7 Å². The molecule has 2 fully saturated rings. The van der Waals surface area contributed by atoms with E-state index in [2.05, 4.69) is 0 Å². The maximum atomic E-state index is 13.3. The number of ether oxygens (including phenoxy) is 10. The summed E-state index contributed by atoms with van der Waals surface area (Å²) in [5.74, 6) is -10.1. The van der Waals surface area contributed by atoms with Crippen molar-refractivity contribution in [2.45, 2.75) is 72.6 Å². The van der Waals surface area contributed by atoms with E-state index in [4.69, 9.17) is 47.4 Å². The highest BCUT2D eigenvalue weighted by Gasteiger charge is 2.69. The maximum absolute atomic E-state index is 13.3. The molecule has 6 aliphatic heterocycles. The second-order valence-corrected chi connectivity index (χ2v) is 26.0. The average Bonchev–Trinajstić information content (AvgIpc) is 1.58. The van der Waals surface area contributed by atoms with Crippen molar-refractivity contribution in [2.75, 3.05) is 41.2 Å². The zero-order valence-electron chi connectivity index (χ0n) is 55.2. The summed E-state index contributed by atoms with van der Waals surface area (Å²) in [5.41, 5.74) is 2.52. The highest BCUT2D eigenvalue weighted by atomic mass is 16.6. The Hall–Kier alpha value is -11.9. The minimum Gasteiger partial charge on any atom is -0.508 e. The molecule has 15 atom stereocenters. The van der Waals surface area contributed by atoms with Crippen molar-refractivity contribution in [3.63, 3.8) is 0 Å². The number of Topliss-reactive ketones (excluding diaryl/α,β-unsaturated/α-hetero) is 4. The van der Waals surface area contributed by atoms with Crippen LogP contribution in [0, 0.1) is 17.8 Å². The smallest absolute Gasteiger partial charge is 0.234 e. The number of phenols is 10. The van der Waals surface area contributed by atoms with Crippen LogP contribution >= 0.6 is 0 Å². The number of methoxy groups -OCH3 is 3. The molecule has 30 nitrogen and oxygen atoms in total. The zero-order chi connectivity index (χ0) is 74.7. The van der Waals surface area contributed by atoms with Gasteiger partial charge in [0.15, 0.2) is 112 Å². The summed E-state index contributed by atoms with van der Waals surface area (Å²) in [6.45, 7) is -0.664. The van der Waals surface area contributed by atoms with Crippen molar-refractivity contribution >= 4 is 23.1 Å². The van der Waals surface area contributed by atoms with Gasteiger partial charge in [0.1, 0.15) is 74.5 Å². The molecule has 17 rings (SSSR count). The molecule has 0 spiro atoms. The van der Waals surface area contributed by atoms with Gasteiger partial charge in [-0.3, -0.25) is 19.2 Å². The SMILES string of the molecule is COc1cc(C2C3C=C([C@H]4Oc5cc(O)cc(O)c5C(=O)[C@@H]4O)C4C2CO[C@@]4(O)C3=O)ccc1O.COc1cc(C2Oc3c(O)cc([C@H]4Oc5cc(O)cc(O)c5C(=O)[C@@H]4O)cc3[C@H]2CO)ccc1O.COc1cc([C@@H]2Oc3cc([C@H]4Oc5cc(O)cc(O)c5C(=O)[C@@H]4O)ccc3O[C@H]2CO)ccc1O. The first kappa shape index (κ1) is 70.2. The number of ketones is 4. The van der Waals surface area contributed by atoms with Gasteiger partial charge in [0.25, 0.3) is 0 Å². The van der Waals surface area contributed by atoms with E-state index in [-0.39, 0.29) is 128 Å². The van der Waals surface area contributed by atoms with Gasteiger partial charge in [-0.1, -0.05) is 30.3 Å². The maximum Gasteiger partial charge on any atom is 0.234 e. The first-order valence-corrected chi connectivity index (χ1v) is 32.5. The van der Waals surface area contributed by atoms with E-state index in [1.807, 2.05) is 0 Å². The van der Waals surface area contributed by atoms with Crippen LogP contribution in [0.3, 0.4) is 0 Å². The summed E-state index contributed by atoms with van der Waals surface area (Å²) in [4.78, 5) is 51.7. The molecule has 3 aliphatic carbocycles. The van der Waals surface area contributed by atoms with Gasteiger partial charge in [-0.2, -0.15) is 0 Å². The van der Waals surface area contributed by atoms with Crippen LogP contribution < -0.4 is 42.6 Å². The lowest BCUT2D eigenvalue weighted by Gasteiger charge is -2.50. The largest absolute Gasteiger partial charge is 0.508 e. The first-order valence-electron chi connectivity index (χ1n) is 32.5. The predicted molar refractivity (Wildman–Crippen MR) is 355 cm³/mol. The number of aliphatic hydroxyl groups excluding tert-OH is 5. The Morgan fingerprint density at radius 2 is 0.876 bits per heavy atom. The molecular weight excluding hydrogens is 1380 g/mol. The van der Waals surface area contributed by atoms with E-state index < -0.39 is 131 Å². The molecule has 16 N–H and O–H groups in total.